The predicted molar refractivity (Wildman–Crippen MR) is 165 cm³/mol. The zero-order valence-electron chi connectivity index (χ0n) is 23.8. The Morgan fingerprint density at radius 2 is 1.89 bits per heavy atom. The fourth-order valence-electron chi connectivity index (χ4n) is 4.98. The number of hydrogen-bond acceptors (Lipinski definition) is 8. The highest BCUT2D eigenvalue weighted by atomic mass is 16.3. The maximum atomic E-state index is 14.2. The minimum absolute atomic E-state index is 0.00136. The molecule has 2 amide bonds. The summed E-state index contributed by atoms with van der Waals surface area (Å²) in [6.45, 7) is 1.76. The van der Waals surface area contributed by atoms with Crippen LogP contribution in [0.1, 0.15) is 50.9 Å². The van der Waals surface area contributed by atoms with Gasteiger partial charge in [0, 0.05) is 29.3 Å². The van der Waals surface area contributed by atoms with E-state index in [4.69, 9.17) is 15.4 Å². The lowest BCUT2D eigenvalue weighted by atomic mass is 10.0. The van der Waals surface area contributed by atoms with Gasteiger partial charge in [0.1, 0.15) is 11.6 Å². The van der Waals surface area contributed by atoms with Crippen LogP contribution in [0.2, 0.25) is 0 Å². The molecule has 0 aliphatic rings. The van der Waals surface area contributed by atoms with Crippen molar-refractivity contribution in [1.82, 2.24) is 29.8 Å². The van der Waals surface area contributed by atoms with E-state index in [9.17, 15) is 14.4 Å². The molecule has 0 spiro atoms. The number of nitrogen functional groups attached to an aromatic ring is 1. The summed E-state index contributed by atoms with van der Waals surface area (Å²) in [7, 11) is 0. The third kappa shape index (κ3) is 5.47. The molecule has 1 unspecified atom stereocenters. The van der Waals surface area contributed by atoms with Crippen LogP contribution in [0.4, 0.5) is 5.82 Å². The number of para-hydroxylation sites is 1. The van der Waals surface area contributed by atoms with Crippen molar-refractivity contribution in [1.29, 1.82) is 5.26 Å². The van der Waals surface area contributed by atoms with Gasteiger partial charge in [-0.3, -0.25) is 19.0 Å². The van der Waals surface area contributed by atoms with Crippen LogP contribution in [0, 0.1) is 23.2 Å². The van der Waals surface area contributed by atoms with E-state index < -0.39 is 17.9 Å². The number of furan rings is 1. The number of amides is 2. The van der Waals surface area contributed by atoms with Gasteiger partial charge in [-0.25, -0.2) is 9.50 Å². The number of pyridine rings is 1. The van der Waals surface area contributed by atoms with E-state index in [-0.39, 0.29) is 35.0 Å². The average molecular weight is 597 g/mol. The molecule has 12 heteroatoms. The van der Waals surface area contributed by atoms with Gasteiger partial charge in [0.15, 0.2) is 17.2 Å². The van der Waals surface area contributed by atoms with Crippen molar-refractivity contribution in [2.45, 2.75) is 13.0 Å². The molecule has 4 heterocycles. The Morgan fingerprint density at radius 3 is 2.67 bits per heavy atom. The second kappa shape index (κ2) is 11.9. The Morgan fingerprint density at radius 1 is 1.07 bits per heavy atom. The number of hydrogen-bond donors (Lipinski definition) is 3. The number of fused-ring (bicyclic) bond motifs is 2. The molecule has 4 N–H and O–H groups in total. The molecule has 4 aromatic heterocycles. The van der Waals surface area contributed by atoms with Crippen molar-refractivity contribution in [3.05, 3.63) is 124 Å². The highest BCUT2D eigenvalue weighted by Gasteiger charge is 2.24. The summed E-state index contributed by atoms with van der Waals surface area (Å²) in [4.78, 5) is 44.2. The number of anilines is 1. The minimum Gasteiger partial charge on any atom is -0.440 e. The maximum Gasteiger partial charge on any atom is 0.287 e. The summed E-state index contributed by atoms with van der Waals surface area (Å²) in [5.41, 5.74) is 7.78. The molecule has 0 bridgehead atoms. The normalized spacial score (nSPS) is 11.4. The first-order valence-corrected chi connectivity index (χ1v) is 13.8. The lowest BCUT2D eigenvalue weighted by molar-refractivity contribution is 0.0926. The van der Waals surface area contributed by atoms with Crippen molar-refractivity contribution in [3.63, 3.8) is 0 Å². The molecule has 1 atom stereocenters. The molecule has 0 saturated heterocycles. The topological polar surface area (TPSA) is 173 Å². The Labute approximate surface area is 255 Å². The van der Waals surface area contributed by atoms with E-state index in [2.05, 4.69) is 32.6 Å². The molecule has 0 radical (unpaired) electrons. The zero-order chi connectivity index (χ0) is 31.5. The molecule has 0 aliphatic heterocycles. The first-order valence-electron chi connectivity index (χ1n) is 13.8. The maximum absolute atomic E-state index is 14.2. The molecular weight excluding hydrogens is 572 g/mol. The number of carbonyl (C=O) groups is 2. The molecule has 220 valence electrons. The summed E-state index contributed by atoms with van der Waals surface area (Å²) >= 11 is 0. The van der Waals surface area contributed by atoms with Gasteiger partial charge in [-0.2, -0.15) is 5.26 Å². The standard InChI is InChI=1S/C33H24N8O4/c1-20(38-32(43)28-29(35)39-40-17-7-16-36-30(28)40)25-18-22-9-5-8-21(27(22)33(44)41(25)23-11-3-2-4-12-23)10-6-15-37-31(42)26-14-13-24(19-34)45-26/h2-5,7-9,11-14,16-18,20H,15H2,1H3,(H2,35,39)(H,37,42)(H,38,43). The fourth-order valence-corrected chi connectivity index (χ4v) is 4.98. The van der Waals surface area contributed by atoms with E-state index in [1.165, 1.54) is 16.6 Å². The second-order valence-electron chi connectivity index (χ2n) is 9.92. The molecule has 6 rings (SSSR count). The average Bonchev–Trinajstić information content (AvgIpc) is 3.67. The number of nitrogens with two attached hydrogens (primary N) is 1. The largest absolute Gasteiger partial charge is 0.440 e. The molecular formula is C33H24N8O4. The van der Waals surface area contributed by atoms with Crippen molar-refractivity contribution in [2.75, 3.05) is 12.3 Å². The van der Waals surface area contributed by atoms with Gasteiger partial charge in [0.05, 0.1) is 18.0 Å². The molecule has 12 nitrogen and oxygen atoms in total. The smallest absolute Gasteiger partial charge is 0.287 e. The van der Waals surface area contributed by atoms with E-state index in [0.717, 1.165) is 0 Å². The SMILES string of the molecule is CC(NC(=O)c1c(N)nn2cccnc12)c1cc2cccc(C#CCNC(=O)c3ccc(C#N)o3)c2c(=O)n1-c1ccccc1. The molecule has 2 aromatic carbocycles. The Balaban J connectivity index is 1.35. The van der Waals surface area contributed by atoms with Crippen LogP contribution in [0.15, 0.2) is 94.4 Å². The van der Waals surface area contributed by atoms with Crippen LogP contribution in [-0.4, -0.2) is 37.5 Å². The zero-order valence-corrected chi connectivity index (χ0v) is 23.8. The van der Waals surface area contributed by atoms with Gasteiger partial charge >= 0.3 is 0 Å². The number of benzene rings is 2. The number of nitriles is 1. The highest BCUT2D eigenvalue weighted by molar-refractivity contribution is 6.04. The minimum atomic E-state index is -0.638. The summed E-state index contributed by atoms with van der Waals surface area (Å²) < 4.78 is 8.11. The van der Waals surface area contributed by atoms with Gasteiger partial charge in [0.25, 0.3) is 17.4 Å². The summed E-state index contributed by atoms with van der Waals surface area (Å²) in [5.74, 6) is 4.93. The van der Waals surface area contributed by atoms with Crippen LogP contribution in [0.3, 0.4) is 0 Å². The number of carbonyl (C=O) groups excluding carboxylic acids is 2. The Hall–Kier alpha value is -6.66. The highest BCUT2D eigenvalue weighted by Crippen LogP contribution is 2.24. The predicted octanol–water partition coefficient (Wildman–Crippen LogP) is 3.35. The molecule has 0 fully saturated rings. The Bertz CT molecular complexity index is 2270. The first-order chi connectivity index (χ1) is 21.9. The van der Waals surface area contributed by atoms with Gasteiger partial charge < -0.3 is 20.8 Å². The van der Waals surface area contributed by atoms with Gasteiger partial charge in [-0.05, 0) is 54.8 Å². The van der Waals surface area contributed by atoms with E-state index in [0.29, 0.717) is 33.4 Å². The van der Waals surface area contributed by atoms with Crippen LogP contribution in [0.25, 0.3) is 22.1 Å². The Kier molecular flexibility index (Phi) is 7.53. The summed E-state index contributed by atoms with van der Waals surface area (Å²) in [6, 6.07) is 21.9. The third-order valence-corrected chi connectivity index (χ3v) is 7.03. The first kappa shape index (κ1) is 28.5. The monoisotopic (exact) mass is 596 g/mol. The third-order valence-electron chi connectivity index (χ3n) is 7.03. The van der Waals surface area contributed by atoms with Gasteiger partial charge in [-0.15, -0.1) is 5.10 Å². The molecule has 0 saturated carbocycles. The van der Waals surface area contributed by atoms with Crippen molar-refractivity contribution < 1.29 is 14.0 Å². The molecule has 0 aliphatic carbocycles. The van der Waals surface area contributed by atoms with Crippen LogP contribution < -0.4 is 21.9 Å². The van der Waals surface area contributed by atoms with Crippen LogP contribution >= 0.6 is 0 Å². The quantitative estimate of drug-likeness (QED) is 0.246. The molecule has 6 aromatic rings. The fraction of sp³-hybridized carbons (Fsp3) is 0.0909. The van der Waals surface area contributed by atoms with Crippen molar-refractivity contribution in [2.24, 2.45) is 0 Å². The summed E-state index contributed by atoms with van der Waals surface area (Å²) in [6.07, 6.45) is 3.19. The van der Waals surface area contributed by atoms with Crippen LogP contribution in [-0.2, 0) is 0 Å². The number of rotatable bonds is 6. The van der Waals surface area contributed by atoms with E-state index in [1.807, 2.05) is 30.3 Å². The van der Waals surface area contributed by atoms with Gasteiger partial charge in [0.2, 0.25) is 5.76 Å². The molecule has 45 heavy (non-hydrogen) atoms. The number of aromatic nitrogens is 4. The van der Waals surface area contributed by atoms with Gasteiger partial charge in [-0.1, -0.05) is 42.2 Å². The number of nitrogens with one attached hydrogen (secondary N) is 2. The van der Waals surface area contributed by atoms with Crippen molar-refractivity contribution in [3.8, 4) is 23.6 Å². The van der Waals surface area contributed by atoms with E-state index >= 15 is 0 Å². The van der Waals surface area contributed by atoms with E-state index in [1.54, 1.807) is 60.3 Å². The van der Waals surface area contributed by atoms with Crippen molar-refractivity contribution >= 4 is 34.1 Å². The lowest BCUT2D eigenvalue weighted by Gasteiger charge is -2.21. The number of nitrogens with zero attached hydrogens (tertiary/aromatic N) is 5. The lowest BCUT2D eigenvalue weighted by Crippen LogP contribution is -2.32. The summed E-state index contributed by atoms with van der Waals surface area (Å²) in [5, 5.41) is 19.6. The van der Waals surface area contributed by atoms with Crippen LogP contribution in [0.5, 0.6) is 0 Å². The second-order valence-corrected chi connectivity index (χ2v) is 9.92.